The predicted octanol–water partition coefficient (Wildman–Crippen LogP) is 2.55. The van der Waals surface area contributed by atoms with E-state index in [1.807, 2.05) is 0 Å². The zero-order valence-corrected chi connectivity index (χ0v) is 13.2. The number of carboxylic acids is 1. The summed E-state index contributed by atoms with van der Waals surface area (Å²) in [7, 11) is 0. The van der Waals surface area contributed by atoms with E-state index in [-0.39, 0.29) is 6.42 Å². The lowest BCUT2D eigenvalue weighted by molar-refractivity contribution is -0.139. The van der Waals surface area contributed by atoms with Crippen molar-refractivity contribution in [2.75, 3.05) is 0 Å². The molecule has 0 fully saturated rings. The third-order valence-corrected chi connectivity index (χ3v) is 3.77. The van der Waals surface area contributed by atoms with Gasteiger partial charge in [-0.25, -0.2) is 18.6 Å². The second-order valence-electron chi connectivity index (χ2n) is 4.62. The van der Waals surface area contributed by atoms with Crippen LogP contribution in [0.2, 0.25) is 0 Å². The quantitative estimate of drug-likeness (QED) is 0.776. The third kappa shape index (κ3) is 4.10. The molecular formula is C15H11BrF2N2O3. The lowest BCUT2D eigenvalue weighted by Gasteiger charge is -2.15. The smallest absolute Gasteiger partial charge is 0.326 e. The van der Waals surface area contributed by atoms with Crippen LogP contribution in [0.3, 0.4) is 0 Å². The van der Waals surface area contributed by atoms with Gasteiger partial charge in [0.2, 0.25) is 0 Å². The van der Waals surface area contributed by atoms with Gasteiger partial charge in [0.25, 0.3) is 5.91 Å². The van der Waals surface area contributed by atoms with Gasteiger partial charge in [-0.15, -0.1) is 0 Å². The summed E-state index contributed by atoms with van der Waals surface area (Å²) in [5.41, 5.74) is 0.00131. The molecule has 2 rings (SSSR count). The summed E-state index contributed by atoms with van der Waals surface area (Å²) in [5.74, 6) is -4.81. The van der Waals surface area contributed by atoms with Gasteiger partial charge in [0, 0.05) is 12.6 Å². The number of aromatic nitrogens is 1. The zero-order valence-electron chi connectivity index (χ0n) is 11.6. The first-order valence-corrected chi connectivity index (χ1v) is 7.26. The highest BCUT2D eigenvalue weighted by Crippen LogP contribution is 2.16. The minimum Gasteiger partial charge on any atom is -0.480 e. The summed E-state index contributed by atoms with van der Waals surface area (Å²) in [6, 6.07) is 5.06. The maximum Gasteiger partial charge on any atom is 0.326 e. The minimum absolute atomic E-state index is 0.0631. The van der Waals surface area contributed by atoms with Gasteiger partial charge >= 0.3 is 5.97 Å². The van der Waals surface area contributed by atoms with Crippen molar-refractivity contribution in [1.82, 2.24) is 10.3 Å². The Bertz CT molecular complexity index is 755. The monoisotopic (exact) mass is 384 g/mol. The van der Waals surface area contributed by atoms with Crippen molar-refractivity contribution in [3.63, 3.8) is 0 Å². The van der Waals surface area contributed by atoms with Crippen molar-refractivity contribution in [3.05, 3.63) is 63.9 Å². The maximum absolute atomic E-state index is 13.6. The molecule has 0 aliphatic rings. The molecule has 0 aliphatic carbocycles. The van der Waals surface area contributed by atoms with Crippen molar-refractivity contribution < 1.29 is 23.5 Å². The number of nitrogens with one attached hydrogen (secondary N) is 1. The van der Waals surface area contributed by atoms with E-state index >= 15 is 0 Å². The van der Waals surface area contributed by atoms with Crippen LogP contribution >= 0.6 is 15.9 Å². The molecule has 1 aromatic heterocycles. The van der Waals surface area contributed by atoms with E-state index < -0.39 is 35.1 Å². The molecule has 1 aromatic carbocycles. The minimum atomic E-state index is -1.32. The Morgan fingerprint density at radius 2 is 2.00 bits per heavy atom. The first-order valence-electron chi connectivity index (χ1n) is 6.47. The molecule has 5 nitrogen and oxygen atoms in total. The number of pyridine rings is 1. The molecule has 0 saturated carbocycles. The summed E-state index contributed by atoms with van der Waals surface area (Å²) in [6.07, 6.45) is 1.45. The zero-order chi connectivity index (χ0) is 17.0. The molecule has 0 saturated heterocycles. The molecule has 1 atom stereocenters. The Kier molecular flexibility index (Phi) is 5.38. The van der Waals surface area contributed by atoms with Crippen molar-refractivity contribution in [3.8, 4) is 0 Å². The van der Waals surface area contributed by atoms with Gasteiger partial charge in [0.05, 0.1) is 5.56 Å². The van der Waals surface area contributed by atoms with Crippen LogP contribution in [0.4, 0.5) is 8.78 Å². The molecule has 1 heterocycles. The number of rotatable bonds is 5. The number of benzene rings is 1. The van der Waals surface area contributed by atoms with E-state index in [2.05, 4.69) is 26.2 Å². The Morgan fingerprint density at radius 3 is 2.65 bits per heavy atom. The van der Waals surface area contributed by atoms with Gasteiger partial charge < -0.3 is 10.4 Å². The Hall–Kier alpha value is -2.35. The molecule has 2 N–H and O–H groups in total. The first kappa shape index (κ1) is 17.0. The molecule has 0 bridgehead atoms. The second kappa shape index (κ2) is 7.28. The van der Waals surface area contributed by atoms with Gasteiger partial charge in [0.15, 0.2) is 11.6 Å². The lowest BCUT2D eigenvalue weighted by Crippen LogP contribution is -2.42. The number of carbonyl (C=O) groups excluding carboxylic acids is 1. The van der Waals surface area contributed by atoms with Crippen molar-refractivity contribution in [2.24, 2.45) is 0 Å². The van der Waals surface area contributed by atoms with Gasteiger partial charge in [-0.1, -0.05) is 12.1 Å². The van der Waals surface area contributed by atoms with E-state index in [1.54, 1.807) is 12.1 Å². The standard InChI is InChI=1S/C15H11BrF2N2O3/c16-13-8(3-2-6-19-13)7-11(15(22)23)20-14(21)9-4-1-5-10(17)12(9)18/h1-6,11H,7H2,(H,20,21)(H,22,23)/t11-/m0/s1. The van der Waals surface area contributed by atoms with Crippen molar-refractivity contribution in [2.45, 2.75) is 12.5 Å². The van der Waals surface area contributed by atoms with Gasteiger partial charge in [0.1, 0.15) is 10.6 Å². The van der Waals surface area contributed by atoms with E-state index in [0.29, 0.717) is 10.2 Å². The summed E-state index contributed by atoms with van der Waals surface area (Å²) < 4.78 is 27.2. The van der Waals surface area contributed by atoms with Crippen molar-refractivity contribution in [1.29, 1.82) is 0 Å². The molecule has 120 valence electrons. The van der Waals surface area contributed by atoms with Crippen LogP contribution in [0.1, 0.15) is 15.9 Å². The average Bonchev–Trinajstić information content (AvgIpc) is 2.51. The number of hydrogen-bond acceptors (Lipinski definition) is 3. The topological polar surface area (TPSA) is 79.3 Å². The van der Waals surface area contributed by atoms with Gasteiger partial charge in [-0.3, -0.25) is 4.79 Å². The summed E-state index contributed by atoms with van der Waals surface area (Å²) in [5, 5.41) is 11.4. The van der Waals surface area contributed by atoms with Crippen LogP contribution in [0, 0.1) is 11.6 Å². The van der Waals surface area contributed by atoms with E-state index in [0.717, 1.165) is 12.1 Å². The molecule has 0 radical (unpaired) electrons. The predicted molar refractivity (Wildman–Crippen MR) is 80.9 cm³/mol. The van der Waals surface area contributed by atoms with E-state index in [1.165, 1.54) is 12.3 Å². The Labute approximate surface area is 138 Å². The van der Waals surface area contributed by atoms with Crippen LogP contribution in [-0.4, -0.2) is 28.0 Å². The molecule has 2 aromatic rings. The number of amides is 1. The number of aliphatic carboxylic acids is 1. The molecule has 23 heavy (non-hydrogen) atoms. The maximum atomic E-state index is 13.6. The second-order valence-corrected chi connectivity index (χ2v) is 5.37. The van der Waals surface area contributed by atoms with Gasteiger partial charge in [-0.05, 0) is 39.7 Å². The third-order valence-electron chi connectivity index (χ3n) is 3.06. The van der Waals surface area contributed by atoms with Crippen LogP contribution in [0.25, 0.3) is 0 Å². The summed E-state index contributed by atoms with van der Waals surface area (Å²) >= 11 is 3.18. The molecule has 1 amide bonds. The number of carbonyl (C=O) groups is 2. The lowest BCUT2D eigenvalue weighted by atomic mass is 10.1. The molecular weight excluding hydrogens is 374 g/mol. The number of nitrogens with zero attached hydrogens (tertiary/aromatic N) is 1. The van der Waals surface area contributed by atoms with Crippen LogP contribution in [-0.2, 0) is 11.2 Å². The van der Waals surface area contributed by atoms with E-state index in [4.69, 9.17) is 0 Å². The highest BCUT2D eigenvalue weighted by Gasteiger charge is 2.24. The first-order chi connectivity index (χ1) is 10.9. The molecule has 0 unspecified atom stereocenters. The van der Waals surface area contributed by atoms with Crippen LogP contribution in [0.15, 0.2) is 41.1 Å². The highest BCUT2D eigenvalue weighted by atomic mass is 79.9. The summed E-state index contributed by atoms with van der Waals surface area (Å²) in [6.45, 7) is 0. The Morgan fingerprint density at radius 1 is 1.26 bits per heavy atom. The normalized spacial score (nSPS) is 11.8. The fraction of sp³-hybridized carbons (Fsp3) is 0.133. The largest absolute Gasteiger partial charge is 0.480 e. The van der Waals surface area contributed by atoms with Crippen LogP contribution < -0.4 is 5.32 Å². The van der Waals surface area contributed by atoms with E-state index in [9.17, 15) is 23.5 Å². The highest BCUT2D eigenvalue weighted by molar-refractivity contribution is 9.10. The van der Waals surface area contributed by atoms with Crippen molar-refractivity contribution >= 4 is 27.8 Å². The molecule has 0 spiro atoms. The molecule has 0 aliphatic heterocycles. The number of halogens is 3. The fourth-order valence-electron chi connectivity index (χ4n) is 1.91. The average molecular weight is 385 g/mol. The Balaban J connectivity index is 2.20. The van der Waals surface area contributed by atoms with Gasteiger partial charge in [-0.2, -0.15) is 0 Å². The number of carboxylic acid groups (broad SMARTS) is 1. The fourth-order valence-corrected chi connectivity index (χ4v) is 2.32. The molecule has 8 heteroatoms. The summed E-state index contributed by atoms with van der Waals surface area (Å²) in [4.78, 5) is 27.3. The SMILES string of the molecule is O=C(N[C@@H](Cc1cccnc1Br)C(=O)O)c1cccc(F)c1F. The van der Waals surface area contributed by atoms with Crippen LogP contribution in [0.5, 0.6) is 0 Å². The number of hydrogen-bond donors (Lipinski definition) is 2.